The van der Waals surface area contributed by atoms with Crippen LogP contribution >= 0.6 is 0 Å². The normalized spacial score (nSPS) is 15.3. The number of hydrogen-bond acceptors (Lipinski definition) is 5. The number of fused-ring (bicyclic) bond motifs is 1. The van der Waals surface area contributed by atoms with Gasteiger partial charge in [-0.15, -0.1) is 0 Å². The van der Waals surface area contributed by atoms with Crippen molar-refractivity contribution in [2.24, 2.45) is 5.92 Å². The second-order valence-electron chi connectivity index (χ2n) is 5.56. The predicted octanol–water partition coefficient (Wildman–Crippen LogP) is 1.53. The molecule has 1 saturated carbocycles. The van der Waals surface area contributed by atoms with Crippen LogP contribution in [0.15, 0.2) is 12.7 Å². The second kappa shape index (κ2) is 5.75. The van der Waals surface area contributed by atoms with E-state index >= 15 is 0 Å². The molecule has 0 unspecified atom stereocenters. The summed E-state index contributed by atoms with van der Waals surface area (Å²) in [7, 11) is 0. The van der Waals surface area contributed by atoms with E-state index in [1.165, 1.54) is 25.7 Å². The Labute approximate surface area is 119 Å². The van der Waals surface area contributed by atoms with Crippen LogP contribution in [-0.2, 0) is 6.54 Å². The molecule has 20 heavy (non-hydrogen) atoms. The van der Waals surface area contributed by atoms with E-state index in [9.17, 15) is 0 Å². The number of rotatable bonds is 7. The van der Waals surface area contributed by atoms with Gasteiger partial charge in [0.25, 0.3) is 0 Å². The number of aromatic nitrogens is 4. The van der Waals surface area contributed by atoms with E-state index in [0.29, 0.717) is 11.3 Å². The smallest absolute Gasteiger partial charge is 0.165 e. The van der Waals surface area contributed by atoms with Crippen LogP contribution in [0.3, 0.4) is 0 Å². The first-order chi connectivity index (χ1) is 9.78. The van der Waals surface area contributed by atoms with E-state index < -0.39 is 0 Å². The van der Waals surface area contributed by atoms with E-state index in [-0.39, 0.29) is 0 Å². The molecule has 0 saturated heterocycles. The second-order valence-corrected chi connectivity index (χ2v) is 5.56. The molecule has 0 spiro atoms. The summed E-state index contributed by atoms with van der Waals surface area (Å²) in [6.45, 7) is 6.69. The minimum Gasteiger partial charge on any atom is -0.382 e. The first-order valence-corrected chi connectivity index (χ1v) is 7.41. The van der Waals surface area contributed by atoms with Crippen molar-refractivity contribution >= 4 is 17.0 Å². The summed E-state index contributed by atoms with van der Waals surface area (Å²) in [5.41, 5.74) is 7.34. The fourth-order valence-corrected chi connectivity index (χ4v) is 2.57. The molecule has 2 heterocycles. The molecule has 6 nitrogen and oxygen atoms in total. The van der Waals surface area contributed by atoms with Gasteiger partial charge in [-0.05, 0) is 38.3 Å². The Morgan fingerprint density at radius 1 is 1.35 bits per heavy atom. The fraction of sp³-hybridized carbons (Fsp3) is 0.643. The zero-order chi connectivity index (χ0) is 13.9. The Balaban J connectivity index is 1.57. The van der Waals surface area contributed by atoms with E-state index in [4.69, 9.17) is 5.73 Å². The summed E-state index contributed by atoms with van der Waals surface area (Å²) in [6, 6.07) is 0. The molecule has 2 N–H and O–H groups in total. The van der Waals surface area contributed by atoms with E-state index in [1.54, 1.807) is 0 Å². The maximum atomic E-state index is 5.79. The fourth-order valence-electron chi connectivity index (χ4n) is 2.57. The molecule has 1 fully saturated rings. The van der Waals surface area contributed by atoms with Gasteiger partial charge in [0.2, 0.25) is 0 Å². The summed E-state index contributed by atoms with van der Waals surface area (Å²) < 4.78 is 2.07. The van der Waals surface area contributed by atoms with Gasteiger partial charge < -0.3 is 15.2 Å². The molecule has 108 valence electrons. The zero-order valence-electron chi connectivity index (χ0n) is 12.0. The minimum atomic E-state index is 0.456. The molecular weight excluding hydrogens is 252 g/mol. The molecule has 2 aromatic rings. The van der Waals surface area contributed by atoms with Crippen LogP contribution in [0.25, 0.3) is 11.2 Å². The molecule has 0 radical (unpaired) electrons. The quantitative estimate of drug-likeness (QED) is 0.829. The molecule has 1 aliphatic carbocycles. The standard InChI is InChI=1S/C14H22N6/c1-2-19(8-11-4-5-11)6-3-7-20-10-18-12-13(15)16-9-17-14(12)20/h9-11H,2-8H2,1H3,(H2,15,16,17). The van der Waals surface area contributed by atoms with E-state index in [2.05, 4.69) is 31.3 Å². The predicted molar refractivity (Wildman–Crippen MR) is 79.2 cm³/mol. The van der Waals surface area contributed by atoms with Crippen LogP contribution in [0.1, 0.15) is 26.2 Å². The molecule has 0 atom stereocenters. The van der Waals surface area contributed by atoms with Crippen LogP contribution < -0.4 is 5.73 Å². The molecule has 6 heteroatoms. The van der Waals surface area contributed by atoms with Gasteiger partial charge in [-0.25, -0.2) is 15.0 Å². The van der Waals surface area contributed by atoms with Gasteiger partial charge in [0.15, 0.2) is 11.5 Å². The highest BCUT2D eigenvalue weighted by Crippen LogP contribution is 2.29. The molecule has 0 bridgehead atoms. The lowest BCUT2D eigenvalue weighted by Gasteiger charge is -2.20. The molecule has 0 amide bonds. The van der Waals surface area contributed by atoms with Crippen molar-refractivity contribution in [3.05, 3.63) is 12.7 Å². The Morgan fingerprint density at radius 3 is 2.95 bits per heavy atom. The molecule has 3 rings (SSSR count). The topological polar surface area (TPSA) is 72.9 Å². The Bertz CT molecular complexity index is 574. The van der Waals surface area contributed by atoms with Crippen molar-refractivity contribution in [3.8, 4) is 0 Å². The van der Waals surface area contributed by atoms with E-state index in [0.717, 1.165) is 37.6 Å². The third kappa shape index (κ3) is 2.90. The lowest BCUT2D eigenvalue weighted by atomic mass is 10.3. The van der Waals surface area contributed by atoms with Crippen LogP contribution in [0.4, 0.5) is 5.82 Å². The number of nitrogens with two attached hydrogens (primary N) is 1. The Morgan fingerprint density at radius 2 is 2.20 bits per heavy atom. The number of hydrogen-bond donors (Lipinski definition) is 1. The summed E-state index contributed by atoms with van der Waals surface area (Å²) in [5, 5.41) is 0. The van der Waals surface area contributed by atoms with Crippen molar-refractivity contribution < 1.29 is 0 Å². The Kier molecular flexibility index (Phi) is 3.82. The Hall–Kier alpha value is -1.69. The van der Waals surface area contributed by atoms with Gasteiger partial charge in [-0.2, -0.15) is 0 Å². The number of nitrogens with zero attached hydrogens (tertiary/aromatic N) is 5. The number of nitrogen functional groups attached to an aromatic ring is 1. The maximum Gasteiger partial charge on any atom is 0.165 e. The maximum absolute atomic E-state index is 5.79. The van der Waals surface area contributed by atoms with Gasteiger partial charge >= 0.3 is 0 Å². The van der Waals surface area contributed by atoms with E-state index in [1.807, 2.05) is 6.33 Å². The first-order valence-electron chi connectivity index (χ1n) is 7.41. The summed E-state index contributed by atoms with van der Waals surface area (Å²) in [6.07, 6.45) is 7.25. The average Bonchev–Trinajstić information content (AvgIpc) is 3.17. The van der Waals surface area contributed by atoms with Crippen LogP contribution in [0, 0.1) is 5.92 Å². The zero-order valence-corrected chi connectivity index (χ0v) is 12.0. The molecule has 0 aromatic carbocycles. The lowest BCUT2D eigenvalue weighted by molar-refractivity contribution is 0.268. The van der Waals surface area contributed by atoms with Gasteiger partial charge in [0, 0.05) is 13.1 Å². The number of aryl methyl sites for hydroxylation is 1. The van der Waals surface area contributed by atoms with Crippen molar-refractivity contribution in [1.29, 1.82) is 0 Å². The largest absolute Gasteiger partial charge is 0.382 e. The average molecular weight is 274 g/mol. The first kappa shape index (κ1) is 13.3. The molecule has 0 aliphatic heterocycles. The highest BCUT2D eigenvalue weighted by Gasteiger charge is 2.23. The third-order valence-corrected chi connectivity index (χ3v) is 3.96. The van der Waals surface area contributed by atoms with Crippen molar-refractivity contribution in [2.45, 2.75) is 32.7 Å². The summed E-state index contributed by atoms with van der Waals surface area (Å²) in [4.78, 5) is 15.1. The van der Waals surface area contributed by atoms with Crippen molar-refractivity contribution in [2.75, 3.05) is 25.4 Å². The lowest BCUT2D eigenvalue weighted by Crippen LogP contribution is -2.27. The highest BCUT2D eigenvalue weighted by molar-refractivity contribution is 5.80. The van der Waals surface area contributed by atoms with Crippen LogP contribution in [-0.4, -0.2) is 44.1 Å². The highest BCUT2D eigenvalue weighted by atomic mass is 15.1. The molecular formula is C14H22N6. The van der Waals surface area contributed by atoms with Crippen molar-refractivity contribution in [1.82, 2.24) is 24.4 Å². The minimum absolute atomic E-state index is 0.456. The summed E-state index contributed by atoms with van der Waals surface area (Å²) >= 11 is 0. The molecule has 2 aromatic heterocycles. The van der Waals surface area contributed by atoms with Crippen LogP contribution in [0.2, 0.25) is 0 Å². The third-order valence-electron chi connectivity index (χ3n) is 3.96. The van der Waals surface area contributed by atoms with Gasteiger partial charge in [-0.3, -0.25) is 0 Å². The summed E-state index contributed by atoms with van der Waals surface area (Å²) in [5.74, 6) is 1.41. The monoisotopic (exact) mass is 274 g/mol. The number of anilines is 1. The SMILES string of the molecule is CCN(CCCn1cnc2c(N)ncnc21)CC1CC1. The van der Waals surface area contributed by atoms with Gasteiger partial charge in [-0.1, -0.05) is 6.92 Å². The van der Waals surface area contributed by atoms with Crippen LogP contribution in [0.5, 0.6) is 0 Å². The molecule has 1 aliphatic rings. The van der Waals surface area contributed by atoms with Gasteiger partial charge in [0.05, 0.1) is 6.33 Å². The number of imidazole rings is 1. The van der Waals surface area contributed by atoms with Gasteiger partial charge in [0.1, 0.15) is 11.8 Å². The van der Waals surface area contributed by atoms with Crippen molar-refractivity contribution in [3.63, 3.8) is 0 Å².